The van der Waals surface area contributed by atoms with Crippen LogP contribution >= 0.6 is 22.6 Å². The van der Waals surface area contributed by atoms with Gasteiger partial charge >= 0.3 is 0 Å². The third-order valence-corrected chi connectivity index (χ3v) is 3.55. The highest BCUT2D eigenvalue weighted by Gasteiger charge is 2.15. The number of amides is 1. The lowest BCUT2D eigenvalue weighted by molar-refractivity contribution is 0.0948. The van der Waals surface area contributed by atoms with Crippen molar-refractivity contribution in [1.29, 1.82) is 0 Å². The van der Waals surface area contributed by atoms with Crippen LogP contribution in [0.25, 0.3) is 0 Å². The lowest BCUT2D eigenvalue weighted by Gasteiger charge is -2.14. The summed E-state index contributed by atoms with van der Waals surface area (Å²) in [6.07, 6.45) is 1.70. The van der Waals surface area contributed by atoms with E-state index in [1.807, 2.05) is 6.92 Å². The average molecular weight is 407 g/mol. The lowest BCUT2D eigenvalue weighted by Crippen LogP contribution is -2.25. The minimum absolute atomic E-state index is 0.121. The summed E-state index contributed by atoms with van der Waals surface area (Å²) >= 11 is 2.15. The third kappa shape index (κ3) is 5.70. The van der Waals surface area contributed by atoms with Crippen LogP contribution in [0.3, 0.4) is 0 Å². The summed E-state index contributed by atoms with van der Waals surface area (Å²) in [6, 6.07) is 3.51. The highest BCUT2D eigenvalue weighted by atomic mass is 127. The monoisotopic (exact) mass is 407 g/mol. The number of hydrogen-bond acceptors (Lipinski definition) is 4. The Kier molecular flexibility index (Phi) is 8.44. The fourth-order valence-corrected chi connectivity index (χ4v) is 2.47. The molecule has 0 aliphatic heterocycles. The molecule has 0 atom stereocenters. The Labute approximate surface area is 139 Å². The van der Waals surface area contributed by atoms with Gasteiger partial charge in [0, 0.05) is 25.8 Å². The molecule has 1 amide bonds. The van der Waals surface area contributed by atoms with Gasteiger partial charge in [0.25, 0.3) is 5.91 Å². The molecule has 21 heavy (non-hydrogen) atoms. The van der Waals surface area contributed by atoms with Crippen LogP contribution in [-0.4, -0.2) is 39.9 Å². The molecule has 0 radical (unpaired) electrons. The van der Waals surface area contributed by atoms with Crippen LogP contribution in [0.2, 0.25) is 0 Å². The molecule has 1 rings (SSSR count). The number of halogens is 1. The highest BCUT2D eigenvalue weighted by Crippen LogP contribution is 2.34. The van der Waals surface area contributed by atoms with E-state index in [2.05, 4.69) is 27.9 Å². The second-order valence-corrected chi connectivity index (χ2v) is 5.60. The molecule has 0 fully saturated rings. The van der Waals surface area contributed by atoms with E-state index in [-0.39, 0.29) is 5.91 Å². The molecular weight excluding hydrogens is 385 g/mol. The molecule has 0 spiro atoms. The molecule has 118 valence electrons. The second-order valence-electron chi connectivity index (χ2n) is 4.44. The van der Waals surface area contributed by atoms with Crippen LogP contribution in [0.4, 0.5) is 0 Å². The van der Waals surface area contributed by atoms with E-state index in [0.29, 0.717) is 36.8 Å². The summed E-state index contributed by atoms with van der Waals surface area (Å²) in [7, 11) is 3.22. The van der Waals surface area contributed by atoms with Crippen LogP contribution in [0, 0.1) is 3.57 Å². The topological polar surface area (TPSA) is 56.8 Å². The van der Waals surface area contributed by atoms with Gasteiger partial charge in [-0.1, -0.05) is 6.92 Å². The smallest absolute Gasteiger partial charge is 0.251 e. The van der Waals surface area contributed by atoms with Gasteiger partial charge in [0.05, 0.1) is 17.3 Å². The van der Waals surface area contributed by atoms with E-state index >= 15 is 0 Å². The van der Waals surface area contributed by atoms with Gasteiger partial charge in [-0.05, 0) is 47.6 Å². The SMILES string of the molecule is CCCOc1c(I)cc(C(=O)NCCCOC)cc1OC. The maximum Gasteiger partial charge on any atom is 0.251 e. The van der Waals surface area contributed by atoms with Gasteiger partial charge in [-0.3, -0.25) is 4.79 Å². The molecule has 0 unspecified atom stereocenters. The van der Waals surface area contributed by atoms with Crippen molar-refractivity contribution in [3.05, 3.63) is 21.3 Å². The summed E-state index contributed by atoms with van der Waals surface area (Å²) < 4.78 is 16.8. The van der Waals surface area contributed by atoms with Gasteiger partial charge < -0.3 is 19.5 Å². The number of benzene rings is 1. The van der Waals surface area contributed by atoms with Crippen molar-refractivity contribution >= 4 is 28.5 Å². The Hall–Kier alpha value is -1.02. The fraction of sp³-hybridized carbons (Fsp3) is 0.533. The van der Waals surface area contributed by atoms with E-state index in [1.165, 1.54) is 0 Å². The number of ether oxygens (including phenoxy) is 3. The Bertz CT molecular complexity index is 465. The van der Waals surface area contributed by atoms with Gasteiger partial charge in [0.2, 0.25) is 0 Å². The molecule has 0 saturated heterocycles. The van der Waals surface area contributed by atoms with Gasteiger partial charge in [-0.15, -0.1) is 0 Å². The highest BCUT2D eigenvalue weighted by molar-refractivity contribution is 14.1. The van der Waals surface area contributed by atoms with Crippen LogP contribution in [0.15, 0.2) is 12.1 Å². The van der Waals surface area contributed by atoms with Gasteiger partial charge in [0.1, 0.15) is 0 Å². The summed E-state index contributed by atoms with van der Waals surface area (Å²) in [5, 5.41) is 2.86. The van der Waals surface area contributed by atoms with Crippen molar-refractivity contribution in [3.8, 4) is 11.5 Å². The Morgan fingerprint density at radius 3 is 2.67 bits per heavy atom. The summed E-state index contributed by atoms with van der Waals surface area (Å²) in [5.74, 6) is 1.15. The number of carbonyl (C=O) groups is 1. The maximum absolute atomic E-state index is 12.1. The standard InChI is InChI=1S/C15H22INO4/c1-4-7-21-14-12(16)9-11(10-13(14)20-3)15(18)17-6-5-8-19-2/h9-10H,4-8H2,1-3H3,(H,17,18). The molecule has 6 heteroatoms. The van der Waals surface area contributed by atoms with E-state index in [1.54, 1.807) is 26.4 Å². The van der Waals surface area contributed by atoms with Crippen molar-refractivity contribution in [2.45, 2.75) is 19.8 Å². The molecule has 1 N–H and O–H groups in total. The first kappa shape index (κ1) is 18.0. The maximum atomic E-state index is 12.1. The Morgan fingerprint density at radius 2 is 2.05 bits per heavy atom. The van der Waals surface area contributed by atoms with Crippen molar-refractivity contribution in [1.82, 2.24) is 5.32 Å². The molecule has 0 saturated carbocycles. The van der Waals surface area contributed by atoms with Crippen molar-refractivity contribution in [3.63, 3.8) is 0 Å². The number of hydrogen-bond donors (Lipinski definition) is 1. The molecule has 5 nitrogen and oxygen atoms in total. The molecule has 1 aromatic rings. The lowest BCUT2D eigenvalue weighted by atomic mass is 10.2. The van der Waals surface area contributed by atoms with E-state index < -0.39 is 0 Å². The first-order chi connectivity index (χ1) is 10.1. The number of methoxy groups -OCH3 is 2. The first-order valence-corrected chi connectivity index (χ1v) is 7.99. The van der Waals surface area contributed by atoms with Crippen LogP contribution in [-0.2, 0) is 4.74 Å². The number of nitrogens with one attached hydrogen (secondary N) is 1. The molecule has 0 aromatic heterocycles. The van der Waals surface area contributed by atoms with Crippen molar-refractivity contribution < 1.29 is 19.0 Å². The van der Waals surface area contributed by atoms with Crippen LogP contribution in [0.5, 0.6) is 11.5 Å². The normalized spacial score (nSPS) is 10.3. The largest absolute Gasteiger partial charge is 0.493 e. The van der Waals surface area contributed by atoms with Crippen molar-refractivity contribution in [2.75, 3.05) is 34.0 Å². The molecule has 1 aromatic carbocycles. The molecule has 0 aliphatic carbocycles. The van der Waals surface area contributed by atoms with Gasteiger partial charge in [-0.25, -0.2) is 0 Å². The van der Waals surface area contributed by atoms with E-state index in [9.17, 15) is 4.79 Å². The minimum atomic E-state index is -0.121. The molecular formula is C15H22INO4. The van der Waals surface area contributed by atoms with Crippen LogP contribution in [0.1, 0.15) is 30.1 Å². The second kappa shape index (κ2) is 9.83. The van der Waals surface area contributed by atoms with Crippen LogP contribution < -0.4 is 14.8 Å². The molecule has 0 heterocycles. The first-order valence-electron chi connectivity index (χ1n) is 6.91. The predicted octanol–water partition coefficient (Wildman–Crippen LogP) is 2.85. The van der Waals surface area contributed by atoms with E-state index in [4.69, 9.17) is 14.2 Å². The van der Waals surface area contributed by atoms with Gasteiger partial charge in [0.15, 0.2) is 11.5 Å². The minimum Gasteiger partial charge on any atom is -0.493 e. The zero-order valence-electron chi connectivity index (χ0n) is 12.7. The predicted molar refractivity (Wildman–Crippen MR) is 90.3 cm³/mol. The zero-order chi connectivity index (χ0) is 15.7. The van der Waals surface area contributed by atoms with E-state index in [0.717, 1.165) is 16.4 Å². The average Bonchev–Trinajstić information content (AvgIpc) is 2.49. The quantitative estimate of drug-likeness (QED) is 0.505. The molecule has 0 bridgehead atoms. The fourth-order valence-electron chi connectivity index (χ4n) is 1.72. The number of rotatable bonds is 9. The zero-order valence-corrected chi connectivity index (χ0v) is 14.9. The Morgan fingerprint density at radius 1 is 1.29 bits per heavy atom. The van der Waals surface area contributed by atoms with Gasteiger partial charge in [-0.2, -0.15) is 0 Å². The third-order valence-electron chi connectivity index (χ3n) is 2.75. The summed E-state index contributed by atoms with van der Waals surface area (Å²) in [5.41, 5.74) is 0.567. The summed E-state index contributed by atoms with van der Waals surface area (Å²) in [4.78, 5) is 12.1. The summed E-state index contributed by atoms with van der Waals surface area (Å²) in [6.45, 7) is 3.88. The molecule has 0 aliphatic rings. The number of carbonyl (C=O) groups excluding carboxylic acids is 1. The Balaban J connectivity index is 2.79. The van der Waals surface area contributed by atoms with Crippen molar-refractivity contribution in [2.24, 2.45) is 0 Å².